The average molecular weight is 343 g/mol. The third-order valence-corrected chi connectivity index (χ3v) is 4.83. The highest BCUT2D eigenvalue weighted by molar-refractivity contribution is 7.09. The SMILES string of the molecule is Cc1nc(C(=O)N2CCCn3c(nnc3Cn3ccnc3)C2)cs1. The first-order valence-electron chi connectivity index (χ1n) is 7.79. The highest BCUT2D eigenvalue weighted by Gasteiger charge is 2.24. The number of hydrogen-bond donors (Lipinski definition) is 0. The third-order valence-electron chi connectivity index (χ3n) is 4.05. The standard InChI is InChI=1S/C15H17N7OS/c1-11-17-12(9-24-11)15(23)21-4-2-5-22-13(18-19-14(22)8-21)7-20-6-3-16-10-20/h3,6,9-10H,2,4-5,7-8H2,1H3. The van der Waals surface area contributed by atoms with E-state index in [4.69, 9.17) is 0 Å². The number of thiazole rings is 1. The van der Waals surface area contributed by atoms with Crippen LogP contribution in [0.25, 0.3) is 0 Å². The molecule has 0 radical (unpaired) electrons. The van der Waals surface area contributed by atoms with Gasteiger partial charge in [0, 0.05) is 30.9 Å². The highest BCUT2D eigenvalue weighted by atomic mass is 32.1. The van der Waals surface area contributed by atoms with Crippen molar-refractivity contribution in [2.45, 2.75) is 33.0 Å². The molecule has 1 aliphatic rings. The Hall–Kier alpha value is -2.55. The van der Waals surface area contributed by atoms with Crippen molar-refractivity contribution in [3.05, 3.63) is 46.5 Å². The van der Waals surface area contributed by atoms with Gasteiger partial charge in [0.2, 0.25) is 0 Å². The van der Waals surface area contributed by atoms with Crippen molar-refractivity contribution in [2.75, 3.05) is 6.54 Å². The molecular weight excluding hydrogens is 326 g/mol. The van der Waals surface area contributed by atoms with Gasteiger partial charge in [-0.05, 0) is 13.3 Å². The summed E-state index contributed by atoms with van der Waals surface area (Å²) in [6, 6.07) is 0. The number of imidazole rings is 1. The second kappa shape index (κ2) is 6.16. The van der Waals surface area contributed by atoms with E-state index in [2.05, 4.69) is 24.7 Å². The molecule has 3 aromatic rings. The summed E-state index contributed by atoms with van der Waals surface area (Å²) in [6.07, 6.45) is 6.28. The van der Waals surface area contributed by atoms with Crippen LogP contribution in [0.2, 0.25) is 0 Å². The van der Waals surface area contributed by atoms with E-state index < -0.39 is 0 Å². The molecule has 4 rings (SSSR count). The molecule has 0 saturated heterocycles. The van der Waals surface area contributed by atoms with Crippen molar-refractivity contribution >= 4 is 17.2 Å². The predicted octanol–water partition coefficient (Wildman–Crippen LogP) is 1.33. The number of amides is 1. The number of aromatic nitrogens is 6. The largest absolute Gasteiger partial charge is 0.330 e. The lowest BCUT2D eigenvalue weighted by molar-refractivity contribution is 0.0738. The number of carbonyl (C=O) groups is 1. The van der Waals surface area contributed by atoms with Gasteiger partial charge in [-0.1, -0.05) is 0 Å². The minimum Gasteiger partial charge on any atom is -0.330 e. The Morgan fingerprint density at radius 1 is 1.33 bits per heavy atom. The fourth-order valence-corrected chi connectivity index (χ4v) is 3.46. The summed E-state index contributed by atoms with van der Waals surface area (Å²) < 4.78 is 4.07. The second-order valence-electron chi connectivity index (χ2n) is 5.75. The molecule has 1 amide bonds. The van der Waals surface area contributed by atoms with Gasteiger partial charge in [0.05, 0.1) is 24.4 Å². The van der Waals surface area contributed by atoms with Crippen LogP contribution < -0.4 is 0 Å². The van der Waals surface area contributed by atoms with Gasteiger partial charge in [0.25, 0.3) is 5.91 Å². The van der Waals surface area contributed by atoms with Gasteiger partial charge >= 0.3 is 0 Å². The van der Waals surface area contributed by atoms with Crippen LogP contribution >= 0.6 is 11.3 Å². The van der Waals surface area contributed by atoms with Crippen LogP contribution in [0.5, 0.6) is 0 Å². The number of rotatable bonds is 3. The smallest absolute Gasteiger partial charge is 0.273 e. The predicted molar refractivity (Wildman–Crippen MR) is 87.6 cm³/mol. The Morgan fingerprint density at radius 3 is 3.00 bits per heavy atom. The Kier molecular flexibility index (Phi) is 3.85. The topological polar surface area (TPSA) is 81.7 Å². The molecule has 1 aliphatic heterocycles. The van der Waals surface area contributed by atoms with Crippen LogP contribution in [-0.4, -0.2) is 46.7 Å². The van der Waals surface area contributed by atoms with Crippen molar-refractivity contribution in [3.63, 3.8) is 0 Å². The molecule has 124 valence electrons. The summed E-state index contributed by atoms with van der Waals surface area (Å²) in [7, 11) is 0. The van der Waals surface area contributed by atoms with Gasteiger partial charge in [-0.15, -0.1) is 21.5 Å². The molecule has 0 N–H and O–H groups in total. The van der Waals surface area contributed by atoms with E-state index in [0.29, 0.717) is 25.3 Å². The first-order chi connectivity index (χ1) is 11.7. The first-order valence-corrected chi connectivity index (χ1v) is 8.67. The second-order valence-corrected chi connectivity index (χ2v) is 6.81. The maximum Gasteiger partial charge on any atom is 0.273 e. The summed E-state index contributed by atoms with van der Waals surface area (Å²) in [5, 5.41) is 11.3. The Morgan fingerprint density at radius 2 is 2.25 bits per heavy atom. The van der Waals surface area contributed by atoms with E-state index in [1.165, 1.54) is 11.3 Å². The zero-order chi connectivity index (χ0) is 16.5. The molecule has 0 saturated carbocycles. The van der Waals surface area contributed by atoms with E-state index >= 15 is 0 Å². The molecule has 8 nitrogen and oxygen atoms in total. The third kappa shape index (κ3) is 2.82. The molecule has 0 aliphatic carbocycles. The highest BCUT2D eigenvalue weighted by Crippen LogP contribution is 2.17. The molecular formula is C15H17N7OS. The lowest BCUT2D eigenvalue weighted by Gasteiger charge is -2.17. The first kappa shape index (κ1) is 15.0. The number of nitrogens with zero attached hydrogens (tertiary/aromatic N) is 7. The van der Waals surface area contributed by atoms with Gasteiger partial charge in [0.15, 0.2) is 11.6 Å². The molecule has 24 heavy (non-hydrogen) atoms. The van der Waals surface area contributed by atoms with E-state index in [1.54, 1.807) is 12.5 Å². The van der Waals surface area contributed by atoms with E-state index in [9.17, 15) is 4.79 Å². The van der Waals surface area contributed by atoms with Gasteiger partial charge in [0.1, 0.15) is 5.69 Å². The monoisotopic (exact) mass is 343 g/mol. The zero-order valence-electron chi connectivity index (χ0n) is 13.3. The summed E-state index contributed by atoms with van der Waals surface area (Å²) in [6.45, 7) is 4.51. The maximum absolute atomic E-state index is 12.6. The quantitative estimate of drug-likeness (QED) is 0.717. The molecule has 4 heterocycles. The maximum atomic E-state index is 12.6. The van der Waals surface area contributed by atoms with Gasteiger partial charge in [-0.3, -0.25) is 4.79 Å². The number of hydrogen-bond acceptors (Lipinski definition) is 6. The van der Waals surface area contributed by atoms with Crippen LogP contribution in [0.1, 0.15) is 33.6 Å². The summed E-state index contributed by atoms with van der Waals surface area (Å²) in [4.78, 5) is 22.8. The van der Waals surface area contributed by atoms with Crippen molar-refractivity contribution in [1.29, 1.82) is 0 Å². The molecule has 0 bridgehead atoms. The molecule has 0 aromatic carbocycles. The number of aryl methyl sites for hydroxylation is 1. The summed E-state index contributed by atoms with van der Waals surface area (Å²) in [5.41, 5.74) is 0.518. The van der Waals surface area contributed by atoms with Crippen molar-refractivity contribution < 1.29 is 4.79 Å². The Balaban J connectivity index is 1.55. The van der Waals surface area contributed by atoms with Crippen LogP contribution in [0.4, 0.5) is 0 Å². The molecule has 3 aromatic heterocycles. The lowest BCUT2D eigenvalue weighted by atomic mass is 10.3. The van der Waals surface area contributed by atoms with Crippen molar-refractivity contribution in [3.8, 4) is 0 Å². The summed E-state index contributed by atoms with van der Waals surface area (Å²) in [5.74, 6) is 1.68. The average Bonchev–Trinajstić information content (AvgIpc) is 3.28. The van der Waals surface area contributed by atoms with Crippen LogP contribution in [0.3, 0.4) is 0 Å². The van der Waals surface area contributed by atoms with Crippen LogP contribution in [-0.2, 0) is 19.6 Å². The minimum atomic E-state index is -0.0352. The lowest BCUT2D eigenvalue weighted by Crippen LogP contribution is -2.31. The van der Waals surface area contributed by atoms with Gasteiger partial charge < -0.3 is 14.0 Å². The zero-order valence-corrected chi connectivity index (χ0v) is 14.1. The normalized spacial score (nSPS) is 14.5. The van der Waals surface area contributed by atoms with E-state index in [1.807, 2.05) is 28.0 Å². The van der Waals surface area contributed by atoms with Crippen LogP contribution in [0.15, 0.2) is 24.1 Å². The fraction of sp³-hybridized carbons (Fsp3) is 0.400. The Bertz CT molecular complexity index is 851. The number of carbonyl (C=O) groups excluding carboxylic acids is 1. The van der Waals surface area contributed by atoms with Gasteiger partial charge in [-0.2, -0.15) is 0 Å². The van der Waals surface area contributed by atoms with Crippen molar-refractivity contribution in [1.82, 2.24) is 34.2 Å². The van der Waals surface area contributed by atoms with Crippen molar-refractivity contribution in [2.24, 2.45) is 0 Å². The molecule has 0 spiro atoms. The minimum absolute atomic E-state index is 0.0352. The molecule has 9 heteroatoms. The summed E-state index contributed by atoms with van der Waals surface area (Å²) >= 11 is 1.49. The number of fused-ring (bicyclic) bond motifs is 1. The molecule has 0 atom stereocenters. The molecule has 0 unspecified atom stereocenters. The van der Waals surface area contributed by atoms with Gasteiger partial charge in [-0.25, -0.2) is 9.97 Å². The Labute approximate surface area is 142 Å². The van der Waals surface area contributed by atoms with E-state index in [0.717, 1.165) is 29.6 Å². The fourth-order valence-electron chi connectivity index (χ4n) is 2.87. The molecule has 0 fully saturated rings. The van der Waals surface area contributed by atoms with E-state index in [-0.39, 0.29) is 5.91 Å². The van der Waals surface area contributed by atoms with Crippen LogP contribution in [0, 0.1) is 6.92 Å².